The number of hydrogen-bond acceptors (Lipinski definition) is 6. The third-order valence-corrected chi connectivity index (χ3v) is 4.55. The molecule has 0 aliphatic rings. The molecule has 0 rings (SSSR count). The first kappa shape index (κ1) is 16.0. The van der Waals surface area contributed by atoms with E-state index in [0.29, 0.717) is 19.8 Å². The molecule has 8 heteroatoms. The van der Waals surface area contributed by atoms with Gasteiger partial charge in [0.2, 0.25) is 0 Å². The van der Waals surface area contributed by atoms with Crippen LogP contribution in [-0.2, 0) is 26.8 Å². The lowest BCUT2D eigenvalue weighted by molar-refractivity contribution is -0.0243. The molecule has 0 saturated carbocycles. The van der Waals surface area contributed by atoms with E-state index in [4.69, 9.17) is 17.7 Å². The maximum absolute atomic E-state index is 10.4. The molecule has 0 aromatic carbocycles. The average molecular weight is 270 g/mol. The first-order valence-corrected chi connectivity index (χ1v) is 8.27. The Bertz CT molecular complexity index is 220. The Morgan fingerprint density at radius 2 is 1.31 bits per heavy atom. The summed E-state index contributed by atoms with van der Waals surface area (Å²) in [4.78, 5) is 0. The molecular formula is C8H19O6PSi. The van der Waals surface area contributed by atoms with Crippen molar-refractivity contribution >= 4 is 16.7 Å². The van der Waals surface area contributed by atoms with Gasteiger partial charge in [0.05, 0.1) is 12.8 Å². The highest BCUT2D eigenvalue weighted by molar-refractivity contribution is 7.30. The average Bonchev–Trinajstić information content (AvgIpc) is 2.18. The van der Waals surface area contributed by atoms with Crippen LogP contribution in [0, 0.1) is 0 Å². The Hall–Kier alpha value is -0.0431. The van der Waals surface area contributed by atoms with Crippen LogP contribution in [-0.4, -0.2) is 41.6 Å². The summed E-state index contributed by atoms with van der Waals surface area (Å²) in [7, 11) is -5.58. The second-order valence-corrected chi connectivity index (χ2v) is 5.97. The van der Waals surface area contributed by atoms with Crippen LogP contribution in [0.1, 0.15) is 20.8 Å². The molecule has 0 spiro atoms. The van der Waals surface area contributed by atoms with E-state index >= 15 is 0 Å². The second kappa shape index (κ2) is 9.04. The third kappa shape index (κ3) is 6.52. The molecule has 0 radical (unpaired) electrons. The van der Waals surface area contributed by atoms with Crippen molar-refractivity contribution in [2.45, 2.75) is 20.8 Å². The molecule has 0 amide bonds. The summed E-state index contributed by atoms with van der Waals surface area (Å²) in [5.74, 6) is 0. The summed E-state index contributed by atoms with van der Waals surface area (Å²) in [5.41, 5.74) is 0. The molecule has 0 unspecified atom stereocenters. The molecule has 0 heterocycles. The highest BCUT2D eigenvalue weighted by Crippen LogP contribution is 2.13. The molecule has 16 heavy (non-hydrogen) atoms. The first-order valence-electron chi connectivity index (χ1n) is 5.27. The van der Waals surface area contributed by atoms with Gasteiger partial charge in [0.1, 0.15) is 0 Å². The summed E-state index contributed by atoms with van der Waals surface area (Å²) in [6.45, 7) is 6.64. The summed E-state index contributed by atoms with van der Waals surface area (Å²) < 4.78 is 42.3. The quantitative estimate of drug-likeness (QED) is 0.444. The SMILES string of the molecule is CCO[Si](OCC)(OCC)OCCP(=O)=O. The highest BCUT2D eigenvalue weighted by atomic mass is 31.1. The van der Waals surface area contributed by atoms with Gasteiger partial charge < -0.3 is 17.7 Å². The molecule has 0 atom stereocenters. The minimum atomic E-state index is -3.13. The summed E-state index contributed by atoms with van der Waals surface area (Å²) in [6, 6.07) is 0. The van der Waals surface area contributed by atoms with Gasteiger partial charge in [0.25, 0.3) is 0 Å². The van der Waals surface area contributed by atoms with Gasteiger partial charge in [-0.3, -0.25) is 0 Å². The zero-order chi connectivity index (χ0) is 12.4. The van der Waals surface area contributed by atoms with Crippen molar-refractivity contribution in [3.63, 3.8) is 0 Å². The fraction of sp³-hybridized carbons (Fsp3) is 1.00. The van der Waals surface area contributed by atoms with Gasteiger partial charge in [-0.25, -0.2) is 9.13 Å². The van der Waals surface area contributed by atoms with E-state index in [1.54, 1.807) is 20.8 Å². The van der Waals surface area contributed by atoms with Crippen molar-refractivity contribution in [1.82, 2.24) is 0 Å². The van der Waals surface area contributed by atoms with Gasteiger partial charge in [0, 0.05) is 19.8 Å². The van der Waals surface area contributed by atoms with Crippen LogP contribution in [0.5, 0.6) is 0 Å². The maximum Gasteiger partial charge on any atom is 0.679 e. The van der Waals surface area contributed by atoms with Crippen LogP contribution >= 0.6 is 7.68 Å². The van der Waals surface area contributed by atoms with Crippen LogP contribution in [0.2, 0.25) is 0 Å². The van der Waals surface area contributed by atoms with E-state index in [1.807, 2.05) is 0 Å². The molecule has 0 bridgehead atoms. The minimum absolute atomic E-state index is 0.0327. The standard InChI is InChI=1S/C8H19O6PSi/c1-4-11-16(12-5-2,13-6-3)14-7-8-15(9)10/h4-8H2,1-3H3. The van der Waals surface area contributed by atoms with Crippen molar-refractivity contribution in [3.8, 4) is 0 Å². The summed E-state index contributed by atoms with van der Waals surface area (Å²) in [6.07, 6.45) is -0.0582. The van der Waals surface area contributed by atoms with Gasteiger partial charge in [-0.15, -0.1) is 0 Å². The fourth-order valence-electron chi connectivity index (χ4n) is 1.03. The number of rotatable bonds is 10. The molecule has 96 valence electrons. The normalized spacial score (nSPS) is 11.7. The van der Waals surface area contributed by atoms with Crippen LogP contribution in [0.15, 0.2) is 0 Å². The lowest BCUT2D eigenvalue weighted by Gasteiger charge is -2.26. The molecule has 0 fully saturated rings. The Morgan fingerprint density at radius 1 is 0.875 bits per heavy atom. The summed E-state index contributed by atoms with van der Waals surface area (Å²) >= 11 is 0. The van der Waals surface area contributed by atoms with Crippen LogP contribution in [0.25, 0.3) is 0 Å². The van der Waals surface area contributed by atoms with Crippen LogP contribution in [0.4, 0.5) is 0 Å². The Balaban J connectivity index is 4.33. The van der Waals surface area contributed by atoms with E-state index in [-0.39, 0.29) is 12.8 Å². The van der Waals surface area contributed by atoms with E-state index in [1.165, 1.54) is 0 Å². The smallest absolute Gasteiger partial charge is 0.351 e. The van der Waals surface area contributed by atoms with Crippen LogP contribution < -0.4 is 0 Å². The Kier molecular flexibility index (Phi) is 9.01. The molecule has 0 aromatic rings. The molecule has 0 aliphatic carbocycles. The highest BCUT2D eigenvalue weighted by Gasteiger charge is 2.44. The number of hydrogen-bond donors (Lipinski definition) is 0. The van der Waals surface area contributed by atoms with E-state index in [0.717, 1.165) is 0 Å². The third-order valence-electron chi connectivity index (χ3n) is 1.52. The van der Waals surface area contributed by atoms with E-state index in [9.17, 15) is 9.13 Å². The predicted octanol–water partition coefficient (Wildman–Crippen LogP) is 1.72. The molecule has 0 N–H and O–H groups in total. The van der Waals surface area contributed by atoms with Gasteiger partial charge in [-0.1, -0.05) is 0 Å². The Labute approximate surface area is 97.5 Å². The maximum atomic E-state index is 10.4. The molecule has 6 nitrogen and oxygen atoms in total. The lowest BCUT2D eigenvalue weighted by Crippen LogP contribution is -2.49. The topological polar surface area (TPSA) is 71.1 Å². The van der Waals surface area contributed by atoms with E-state index < -0.39 is 16.7 Å². The van der Waals surface area contributed by atoms with Crippen molar-refractivity contribution in [1.29, 1.82) is 0 Å². The monoisotopic (exact) mass is 270 g/mol. The second-order valence-electron chi connectivity index (χ2n) is 2.70. The van der Waals surface area contributed by atoms with Gasteiger partial charge in [-0.05, 0) is 20.8 Å². The molecule has 0 saturated heterocycles. The molecular weight excluding hydrogens is 251 g/mol. The van der Waals surface area contributed by atoms with Crippen LogP contribution in [0.3, 0.4) is 0 Å². The van der Waals surface area contributed by atoms with Crippen molar-refractivity contribution < 1.29 is 26.8 Å². The minimum Gasteiger partial charge on any atom is -0.351 e. The van der Waals surface area contributed by atoms with Gasteiger partial charge in [-0.2, -0.15) is 0 Å². The van der Waals surface area contributed by atoms with Crippen molar-refractivity contribution in [2.24, 2.45) is 0 Å². The largest absolute Gasteiger partial charge is 0.679 e. The Morgan fingerprint density at radius 3 is 1.62 bits per heavy atom. The zero-order valence-electron chi connectivity index (χ0n) is 9.93. The predicted molar refractivity (Wildman–Crippen MR) is 59.7 cm³/mol. The van der Waals surface area contributed by atoms with E-state index in [2.05, 4.69) is 0 Å². The van der Waals surface area contributed by atoms with Gasteiger partial charge >= 0.3 is 16.7 Å². The zero-order valence-corrected chi connectivity index (χ0v) is 11.8. The summed E-state index contributed by atoms with van der Waals surface area (Å²) in [5, 5.41) is 0. The van der Waals surface area contributed by atoms with Crippen molar-refractivity contribution in [3.05, 3.63) is 0 Å². The fourth-order valence-corrected chi connectivity index (χ4v) is 3.35. The first-order chi connectivity index (χ1) is 7.60. The van der Waals surface area contributed by atoms with Crippen molar-refractivity contribution in [2.75, 3.05) is 32.6 Å². The molecule has 0 aliphatic heterocycles. The molecule has 0 aromatic heterocycles. The lowest BCUT2D eigenvalue weighted by atomic mass is 10.9. The van der Waals surface area contributed by atoms with Gasteiger partial charge in [0.15, 0.2) is 0 Å².